The van der Waals surface area contributed by atoms with Crippen LogP contribution < -0.4 is 0 Å². The lowest BCUT2D eigenvalue weighted by Gasteiger charge is -2.45. The third-order valence-electron chi connectivity index (χ3n) is 4.30. The standard InChI is InChI=1S/C15H25BrO/c1-6-15(5,17)10-9-12-11(2)7-8-13(16)14(12,3)4/h6,12-13,17H,1-2,7-10H2,3-5H3/t12-,13+,15+/m1/s1. The lowest BCUT2D eigenvalue weighted by molar-refractivity contribution is 0.0813. The Balaban J connectivity index is 2.73. The van der Waals surface area contributed by atoms with Gasteiger partial charge in [0.2, 0.25) is 0 Å². The molecule has 1 fully saturated rings. The molecule has 1 rings (SSSR count). The topological polar surface area (TPSA) is 20.2 Å². The molecular formula is C15H25BrO. The van der Waals surface area contributed by atoms with Gasteiger partial charge in [-0.2, -0.15) is 0 Å². The van der Waals surface area contributed by atoms with E-state index in [0.717, 1.165) is 19.3 Å². The van der Waals surface area contributed by atoms with Crippen LogP contribution in [0.2, 0.25) is 0 Å². The summed E-state index contributed by atoms with van der Waals surface area (Å²) in [5.41, 5.74) is 0.799. The molecule has 1 N–H and O–H groups in total. The van der Waals surface area contributed by atoms with E-state index in [1.807, 2.05) is 6.92 Å². The van der Waals surface area contributed by atoms with Gasteiger partial charge in [0.1, 0.15) is 0 Å². The van der Waals surface area contributed by atoms with Gasteiger partial charge in [-0.25, -0.2) is 0 Å². The van der Waals surface area contributed by atoms with Crippen molar-refractivity contribution in [2.24, 2.45) is 11.3 Å². The Bertz CT molecular complexity index is 304. The van der Waals surface area contributed by atoms with E-state index in [2.05, 4.69) is 42.9 Å². The molecule has 17 heavy (non-hydrogen) atoms. The van der Waals surface area contributed by atoms with Crippen molar-refractivity contribution in [1.82, 2.24) is 0 Å². The van der Waals surface area contributed by atoms with Gasteiger partial charge in [0, 0.05) is 4.83 Å². The summed E-state index contributed by atoms with van der Waals surface area (Å²) in [5, 5.41) is 10.0. The predicted molar refractivity (Wildman–Crippen MR) is 78.4 cm³/mol. The highest BCUT2D eigenvalue weighted by molar-refractivity contribution is 9.09. The third kappa shape index (κ3) is 3.45. The summed E-state index contributed by atoms with van der Waals surface area (Å²) in [5.74, 6) is 0.479. The van der Waals surface area contributed by atoms with Gasteiger partial charge in [0.15, 0.2) is 0 Å². The molecule has 2 heteroatoms. The summed E-state index contributed by atoms with van der Waals surface area (Å²) < 4.78 is 0. The Morgan fingerprint density at radius 1 is 1.59 bits per heavy atom. The molecule has 0 aliphatic heterocycles. The van der Waals surface area contributed by atoms with Gasteiger partial charge in [-0.15, -0.1) is 6.58 Å². The van der Waals surface area contributed by atoms with E-state index in [4.69, 9.17) is 0 Å². The fraction of sp³-hybridized carbons (Fsp3) is 0.733. The number of halogens is 1. The Morgan fingerprint density at radius 2 is 2.18 bits per heavy atom. The molecule has 0 aromatic rings. The summed E-state index contributed by atoms with van der Waals surface area (Å²) in [4.78, 5) is 0.541. The number of aliphatic hydroxyl groups is 1. The zero-order chi connectivity index (χ0) is 13.3. The highest BCUT2D eigenvalue weighted by Gasteiger charge is 2.41. The largest absolute Gasteiger partial charge is 0.386 e. The molecule has 3 atom stereocenters. The highest BCUT2D eigenvalue weighted by Crippen LogP contribution is 2.49. The molecule has 0 amide bonds. The molecule has 0 heterocycles. The molecule has 1 nitrogen and oxygen atoms in total. The molecule has 0 saturated heterocycles. The minimum absolute atomic E-state index is 0.215. The highest BCUT2D eigenvalue weighted by atomic mass is 79.9. The van der Waals surface area contributed by atoms with Crippen molar-refractivity contribution in [1.29, 1.82) is 0 Å². The van der Waals surface area contributed by atoms with Crippen LogP contribution in [0.15, 0.2) is 24.8 Å². The zero-order valence-electron chi connectivity index (χ0n) is 11.3. The molecule has 98 valence electrons. The molecule has 0 bridgehead atoms. The summed E-state index contributed by atoms with van der Waals surface area (Å²) >= 11 is 3.79. The van der Waals surface area contributed by atoms with Crippen LogP contribution in [-0.2, 0) is 0 Å². The van der Waals surface area contributed by atoms with Gasteiger partial charge in [0.25, 0.3) is 0 Å². The average molecular weight is 301 g/mol. The maximum absolute atomic E-state index is 10.0. The first kappa shape index (κ1) is 15.0. The van der Waals surface area contributed by atoms with Gasteiger partial charge in [0.05, 0.1) is 5.60 Å². The normalized spacial score (nSPS) is 31.9. The van der Waals surface area contributed by atoms with Crippen LogP contribution in [-0.4, -0.2) is 15.5 Å². The summed E-state index contributed by atoms with van der Waals surface area (Å²) in [6, 6.07) is 0. The summed E-state index contributed by atoms with van der Waals surface area (Å²) in [6.07, 6.45) is 5.63. The summed E-state index contributed by atoms with van der Waals surface area (Å²) in [6.45, 7) is 14.3. The van der Waals surface area contributed by atoms with E-state index in [9.17, 15) is 5.11 Å². The van der Waals surface area contributed by atoms with E-state index in [1.165, 1.54) is 12.0 Å². The van der Waals surface area contributed by atoms with Gasteiger partial charge < -0.3 is 5.11 Å². The molecule has 0 spiro atoms. The molecule has 0 radical (unpaired) electrons. The first-order valence-corrected chi connectivity index (χ1v) is 7.30. The van der Waals surface area contributed by atoms with Crippen molar-refractivity contribution < 1.29 is 5.11 Å². The van der Waals surface area contributed by atoms with E-state index >= 15 is 0 Å². The van der Waals surface area contributed by atoms with Gasteiger partial charge in [-0.3, -0.25) is 0 Å². The number of allylic oxidation sites excluding steroid dienone is 1. The second-order valence-corrected chi connectivity index (χ2v) is 7.24. The quantitative estimate of drug-likeness (QED) is 0.600. The Kier molecular flexibility index (Phi) is 4.65. The van der Waals surface area contributed by atoms with E-state index in [1.54, 1.807) is 6.08 Å². The molecule has 1 saturated carbocycles. The minimum Gasteiger partial charge on any atom is -0.386 e. The molecule has 0 unspecified atom stereocenters. The summed E-state index contributed by atoms with van der Waals surface area (Å²) in [7, 11) is 0. The van der Waals surface area contributed by atoms with E-state index < -0.39 is 5.60 Å². The van der Waals surface area contributed by atoms with E-state index in [0.29, 0.717) is 10.7 Å². The lowest BCUT2D eigenvalue weighted by atomic mass is 9.64. The van der Waals surface area contributed by atoms with Crippen molar-refractivity contribution in [3.05, 3.63) is 24.8 Å². The lowest BCUT2D eigenvalue weighted by Crippen LogP contribution is -2.39. The molecule has 1 aliphatic rings. The molecule has 0 aromatic heterocycles. The van der Waals surface area contributed by atoms with Crippen molar-refractivity contribution in [3.63, 3.8) is 0 Å². The number of rotatable bonds is 4. The van der Waals surface area contributed by atoms with Crippen LogP contribution in [0, 0.1) is 11.3 Å². The predicted octanol–water partition coefficient (Wildman–Crippen LogP) is 4.46. The zero-order valence-corrected chi connectivity index (χ0v) is 12.9. The van der Waals surface area contributed by atoms with E-state index in [-0.39, 0.29) is 5.41 Å². The van der Waals surface area contributed by atoms with Crippen molar-refractivity contribution in [2.75, 3.05) is 0 Å². The molecule has 0 aromatic carbocycles. The van der Waals surface area contributed by atoms with Crippen molar-refractivity contribution in [3.8, 4) is 0 Å². The Labute approximate surface area is 114 Å². The molecular weight excluding hydrogens is 276 g/mol. The Morgan fingerprint density at radius 3 is 2.71 bits per heavy atom. The van der Waals surface area contributed by atoms with Crippen molar-refractivity contribution in [2.45, 2.75) is 56.9 Å². The average Bonchev–Trinajstić information content (AvgIpc) is 2.23. The van der Waals surface area contributed by atoms with Crippen LogP contribution in [0.5, 0.6) is 0 Å². The van der Waals surface area contributed by atoms with Gasteiger partial charge in [-0.05, 0) is 43.9 Å². The molecule has 1 aliphatic carbocycles. The third-order valence-corrected chi connectivity index (χ3v) is 5.93. The van der Waals surface area contributed by atoms with Crippen LogP contribution in [0.25, 0.3) is 0 Å². The SMILES string of the molecule is C=C[C@](C)(O)CC[C@@H]1C(=C)CC[C@H](Br)C1(C)C. The number of alkyl halides is 1. The monoisotopic (exact) mass is 300 g/mol. The van der Waals surface area contributed by atoms with Gasteiger partial charge in [-0.1, -0.05) is 48.0 Å². The second-order valence-electron chi connectivity index (χ2n) is 6.14. The first-order chi connectivity index (χ1) is 7.70. The van der Waals surface area contributed by atoms with Crippen molar-refractivity contribution >= 4 is 15.9 Å². The van der Waals surface area contributed by atoms with Crippen LogP contribution in [0.1, 0.15) is 46.5 Å². The van der Waals surface area contributed by atoms with Crippen LogP contribution in [0.4, 0.5) is 0 Å². The maximum atomic E-state index is 10.0. The fourth-order valence-corrected chi connectivity index (χ4v) is 3.27. The van der Waals surface area contributed by atoms with Crippen LogP contribution in [0.3, 0.4) is 0 Å². The number of hydrogen-bond donors (Lipinski definition) is 1. The first-order valence-electron chi connectivity index (χ1n) is 6.38. The smallest absolute Gasteiger partial charge is 0.0797 e. The minimum atomic E-state index is -0.754. The number of hydrogen-bond acceptors (Lipinski definition) is 1. The Hall–Kier alpha value is -0.0800. The maximum Gasteiger partial charge on any atom is 0.0797 e. The van der Waals surface area contributed by atoms with Gasteiger partial charge >= 0.3 is 0 Å². The second kappa shape index (κ2) is 5.27. The van der Waals surface area contributed by atoms with Crippen LogP contribution >= 0.6 is 15.9 Å². The fourth-order valence-electron chi connectivity index (χ4n) is 2.72.